The van der Waals surface area contributed by atoms with Crippen LogP contribution in [-0.2, 0) is 4.79 Å². The summed E-state index contributed by atoms with van der Waals surface area (Å²) in [6.45, 7) is 0. The van der Waals surface area contributed by atoms with Gasteiger partial charge in [-0.2, -0.15) is 0 Å². The van der Waals surface area contributed by atoms with Crippen molar-refractivity contribution in [2.45, 2.75) is 4.90 Å². The summed E-state index contributed by atoms with van der Waals surface area (Å²) in [6, 6.07) is 22.0. The normalized spacial score (nSPS) is 10.7. The number of amides is 2. The average Bonchev–Trinajstić information content (AvgIpc) is 2.85. The SMILES string of the molecule is O=C(CSc1cccc(NC(=O)c2cccc3cccc(C(=O)O)c23)c1)Nc1cccc(Cl)c1Cl. The summed E-state index contributed by atoms with van der Waals surface area (Å²) in [5.41, 5.74) is 1.27. The molecule has 0 fully saturated rings. The van der Waals surface area contributed by atoms with Crippen LogP contribution in [0.4, 0.5) is 11.4 Å². The Morgan fingerprint density at radius 3 is 2.26 bits per heavy atom. The lowest BCUT2D eigenvalue weighted by Crippen LogP contribution is -2.15. The second kappa shape index (κ2) is 10.8. The molecule has 0 aliphatic carbocycles. The minimum Gasteiger partial charge on any atom is -0.478 e. The molecule has 0 bridgehead atoms. The second-order valence-electron chi connectivity index (χ2n) is 7.43. The Morgan fingerprint density at radius 1 is 0.829 bits per heavy atom. The van der Waals surface area contributed by atoms with Gasteiger partial charge in [-0.15, -0.1) is 11.8 Å². The van der Waals surface area contributed by atoms with Gasteiger partial charge in [-0.3, -0.25) is 9.59 Å². The predicted molar refractivity (Wildman–Crippen MR) is 141 cm³/mol. The summed E-state index contributed by atoms with van der Waals surface area (Å²) < 4.78 is 0. The fourth-order valence-corrected chi connectivity index (χ4v) is 4.61. The zero-order chi connectivity index (χ0) is 24.9. The molecule has 0 spiro atoms. The van der Waals surface area contributed by atoms with E-state index in [1.54, 1.807) is 66.7 Å². The van der Waals surface area contributed by atoms with E-state index < -0.39 is 11.9 Å². The zero-order valence-corrected chi connectivity index (χ0v) is 20.4. The van der Waals surface area contributed by atoms with Crippen molar-refractivity contribution in [3.05, 3.63) is 100 Å². The number of hydrogen-bond donors (Lipinski definition) is 3. The lowest BCUT2D eigenvalue weighted by molar-refractivity contribution is -0.113. The zero-order valence-electron chi connectivity index (χ0n) is 18.0. The molecule has 3 N–H and O–H groups in total. The maximum absolute atomic E-state index is 13.0. The Kier molecular flexibility index (Phi) is 7.60. The molecule has 2 amide bonds. The maximum atomic E-state index is 13.0. The number of carbonyl (C=O) groups excluding carboxylic acids is 2. The Hall–Kier alpha value is -3.52. The van der Waals surface area contributed by atoms with Crippen LogP contribution in [0.3, 0.4) is 0 Å². The van der Waals surface area contributed by atoms with Gasteiger partial charge >= 0.3 is 5.97 Å². The van der Waals surface area contributed by atoms with E-state index >= 15 is 0 Å². The van der Waals surface area contributed by atoms with Gasteiger partial charge in [-0.1, -0.05) is 59.6 Å². The summed E-state index contributed by atoms with van der Waals surface area (Å²) in [4.78, 5) is 37.9. The van der Waals surface area contributed by atoms with E-state index in [4.69, 9.17) is 23.2 Å². The third kappa shape index (κ3) is 5.77. The van der Waals surface area contributed by atoms with Gasteiger partial charge < -0.3 is 15.7 Å². The predicted octanol–water partition coefficient (Wildman–Crippen LogP) is 6.83. The van der Waals surface area contributed by atoms with Crippen LogP contribution in [0.2, 0.25) is 10.0 Å². The molecule has 0 radical (unpaired) electrons. The highest BCUT2D eigenvalue weighted by Gasteiger charge is 2.17. The van der Waals surface area contributed by atoms with Crippen LogP contribution in [0.15, 0.2) is 83.8 Å². The van der Waals surface area contributed by atoms with Crippen molar-refractivity contribution in [3.63, 3.8) is 0 Å². The van der Waals surface area contributed by atoms with Crippen molar-refractivity contribution in [2.75, 3.05) is 16.4 Å². The summed E-state index contributed by atoms with van der Waals surface area (Å²) in [5, 5.41) is 16.8. The molecule has 0 saturated carbocycles. The van der Waals surface area contributed by atoms with Crippen LogP contribution in [0, 0.1) is 0 Å². The highest BCUT2D eigenvalue weighted by atomic mass is 35.5. The first-order chi connectivity index (χ1) is 16.8. The molecule has 176 valence electrons. The van der Waals surface area contributed by atoms with Crippen LogP contribution >= 0.6 is 35.0 Å². The van der Waals surface area contributed by atoms with E-state index in [1.807, 2.05) is 6.07 Å². The third-order valence-corrected chi connectivity index (χ3v) is 6.88. The lowest BCUT2D eigenvalue weighted by Gasteiger charge is -2.11. The van der Waals surface area contributed by atoms with E-state index in [0.717, 1.165) is 4.90 Å². The monoisotopic (exact) mass is 524 g/mol. The van der Waals surface area contributed by atoms with E-state index in [2.05, 4.69) is 10.6 Å². The Balaban J connectivity index is 1.46. The van der Waals surface area contributed by atoms with E-state index in [-0.39, 0.29) is 27.8 Å². The lowest BCUT2D eigenvalue weighted by atomic mass is 9.98. The maximum Gasteiger partial charge on any atom is 0.336 e. The first kappa shape index (κ1) is 24.6. The van der Waals surface area contributed by atoms with Crippen LogP contribution in [0.1, 0.15) is 20.7 Å². The topological polar surface area (TPSA) is 95.5 Å². The number of aromatic carboxylic acids is 1. The molecule has 0 aromatic heterocycles. The molecule has 4 aromatic rings. The van der Waals surface area contributed by atoms with E-state index in [9.17, 15) is 19.5 Å². The molecule has 4 aromatic carbocycles. The van der Waals surface area contributed by atoms with Crippen LogP contribution < -0.4 is 10.6 Å². The molecule has 9 heteroatoms. The van der Waals surface area contributed by atoms with Crippen molar-refractivity contribution in [1.29, 1.82) is 0 Å². The number of carboxylic acid groups (broad SMARTS) is 1. The molecule has 0 aliphatic rings. The number of anilines is 2. The smallest absolute Gasteiger partial charge is 0.336 e. The summed E-state index contributed by atoms with van der Waals surface area (Å²) in [5.74, 6) is -1.68. The average molecular weight is 525 g/mol. The van der Waals surface area contributed by atoms with Gasteiger partial charge in [0.2, 0.25) is 5.91 Å². The van der Waals surface area contributed by atoms with Gasteiger partial charge in [0, 0.05) is 21.5 Å². The number of thioether (sulfide) groups is 1. The minimum absolute atomic E-state index is 0.0587. The van der Waals surface area contributed by atoms with Crippen molar-refractivity contribution >= 4 is 74.9 Å². The fraction of sp³-hybridized carbons (Fsp3) is 0.0385. The van der Waals surface area contributed by atoms with Gasteiger partial charge in [0.05, 0.1) is 27.0 Å². The summed E-state index contributed by atoms with van der Waals surface area (Å²) in [6.07, 6.45) is 0. The van der Waals surface area contributed by atoms with E-state index in [1.165, 1.54) is 17.8 Å². The number of fused-ring (bicyclic) bond motifs is 1. The van der Waals surface area contributed by atoms with Gasteiger partial charge in [0.25, 0.3) is 5.91 Å². The molecule has 0 aliphatic heterocycles. The number of carbonyl (C=O) groups is 3. The molecular formula is C26H18Cl2N2O4S. The van der Waals surface area contributed by atoms with Crippen LogP contribution in [0.5, 0.6) is 0 Å². The number of rotatable bonds is 7. The van der Waals surface area contributed by atoms with Gasteiger partial charge in [0.15, 0.2) is 0 Å². The number of carboxylic acids is 1. The first-order valence-electron chi connectivity index (χ1n) is 10.4. The molecule has 0 saturated heterocycles. The molecule has 0 atom stereocenters. The van der Waals surface area contributed by atoms with Crippen molar-refractivity contribution < 1.29 is 19.5 Å². The van der Waals surface area contributed by atoms with Crippen molar-refractivity contribution in [3.8, 4) is 0 Å². The van der Waals surface area contributed by atoms with Gasteiger partial charge in [0.1, 0.15) is 0 Å². The number of halogens is 2. The quantitative estimate of drug-likeness (QED) is 0.230. The minimum atomic E-state index is -1.11. The van der Waals surface area contributed by atoms with Gasteiger partial charge in [-0.05, 0) is 47.9 Å². The van der Waals surface area contributed by atoms with Crippen LogP contribution in [0.25, 0.3) is 10.8 Å². The molecule has 35 heavy (non-hydrogen) atoms. The highest BCUT2D eigenvalue weighted by molar-refractivity contribution is 8.00. The van der Waals surface area contributed by atoms with Crippen molar-refractivity contribution in [1.82, 2.24) is 0 Å². The summed E-state index contributed by atoms with van der Waals surface area (Å²) >= 11 is 13.4. The number of benzene rings is 4. The molecular weight excluding hydrogens is 507 g/mol. The molecule has 0 heterocycles. The summed E-state index contributed by atoms with van der Waals surface area (Å²) in [7, 11) is 0. The Morgan fingerprint density at radius 2 is 1.51 bits per heavy atom. The fourth-order valence-electron chi connectivity index (χ4n) is 3.51. The number of nitrogens with one attached hydrogen (secondary N) is 2. The third-order valence-electron chi connectivity index (χ3n) is 5.07. The van der Waals surface area contributed by atoms with Crippen LogP contribution in [-0.4, -0.2) is 28.6 Å². The van der Waals surface area contributed by atoms with Gasteiger partial charge in [-0.25, -0.2) is 4.79 Å². The molecule has 0 unspecified atom stereocenters. The Bertz CT molecular complexity index is 1450. The molecule has 4 rings (SSSR count). The second-order valence-corrected chi connectivity index (χ2v) is 9.27. The molecule has 6 nitrogen and oxygen atoms in total. The number of hydrogen-bond acceptors (Lipinski definition) is 4. The highest BCUT2D eigenvalue weighted by Crippen LogP contribution is 2.30. The van der Waals surface area contributed by atoms with E-state index in [0.29, 0.717) is 27.2 Å². The Labute approximate surface area is 215 Å². The first-order valence-corrected chi connectivity index (χ1v) is 12.1. The standard InChI is InChI=1S/C26H18Cl2N2O4S/c27-20-11-4-12-21(24(20)28)30-22(31)14-35-17-8-3-7-16(13-17)29-25(32)18-9-1-5-15-6-2-10-19(23(15)18)26(33)34/h1-13H,14H2,(H,29,32)(H,30,31)(H,33,34). The van der Waals surface area contributed by atoms with Crippen molar-refractivity contribution in [2.24, 2.45) is 0 Å². The largest absolute Gasteiger partial charge is 0.478 e.